The van der Waals surface area contributed by atoms with Crippen LogP contribution in [0.1, 0.15) is 18.1 Å². The van der Waals surface area contributed by atoms with Crippen LogP contribution in [-0.2, 0) is 11.3 Å². The number of hydrogen-bond acceptors (Lipinski definition) is 4. The van der Waals surface area contributed by atoms with Crippen molar-refractivity contribution in [1.29, 1.82) is 0 Å². The van der Waals surface area contributed by atoms with Crippen LogP contribution in [0.15, 0.2) is 48.5 Å². The van der Waals surface area contributed by atoms with Gasteiger partial charge in [-0.15, -0.1) is 0 Å². The third-order valence-electron chi connectivity index (χ3n) is 5.22. The van der Waals surface area contributed by atoms with Gasteiger partial charge >= 0.3 is 0 Å². The van der Waals surface area contributed by atoms with E-state index in [0.29, 0.717) is 6.54 Å². The average Bonchev–Trinajstić information content (AvgIpc) is 2.71. The Hall–Kier alpha value is -2.53. The maximum atomic E-state index is 12.6. The van der Waals surface area contributed by atoms with Gasteiger partial charge in [0.05, 0.1) is 18.8 Å². The van der Waals surface area contributed by atoms with Crippen LogP contribution >= 0.6 is 0 Å². The van der Waals surface area contributed by atoms with Gasteiger partial charge < -0.3 is 15.0 Å². The lowest BCUT2D eigenvalue weighted by Crippen LogP contribution is -2.53. The second-order valence-corrected chi connectivity index (χ2v) is 7.08. The molecule has 0 radical (unpaired) electrons. The van der Waals surface area contributed by atoms with Crippen LogP contribution in [0, 0.1) is 6.92 Å². The number of amides is 1. The molecule has 144 valence electrons. The first-order valence-electron chi connectivity index (χ1n) is 9.54. The Labute approximate surface area is 161 Å². The van der Waals surface area contributed by atoms with Crippen LogP contribution in [0.25, 0.3) is 0 Å². The zero-order valence-corrected chi connectivity index (χ0v) is 16.4. The molecule has 5 heteroatoms. The van der Waals surface area contributed by atoms with Crippen molar-refractivity contribution in [2.45, 2.75) is 26.4 Å². The van der Waals surface area contributed by atoms with Crippen molar-refractivity contribution in [3.05, 3.63) is 59.7 Å². The summed E-state index contributed by atoms with van der Waals surface area (Å²) in [4.78, 5) is 17.1. The highest BCUT2D eigenvalue weighted by Crippen LogP contribution is 2.28. The third-order valence-corrected chi connectivity index (χ3v) is 5.22. The van der Waals surface area contributed by atoms with Crippen LogP contribution in [0.3, 0.4) is 0 Å². The number of benzene rings is 2. The van der Waals surface area contributed by atoms with Crippen molar-refractivity contribution < 1.29 is 9.53 Å². The first-order chi connectivity index (χ1) is 13.1. The van der Waals surface area contributed by atoms with E-state index in [1.54, 1.807) is 7.11 Å². The summed E-state index contributed by atoms with van der Waals surface area (Å²) in [6.45, 7) is 8.12. The molecule has 0 bridgehead atoms. The number of anilines is 1. The molecule has 0 unspecified atom stereocenters. The number of para-hydroxylation sites is 2. The monoisotopic (exact) mass is 367 g/mol. The lowest BCUT2D eigenvalue weighted by Gasteiger charge is -2.38. The zero-order valence-electron chi connectivity index (χ0n) is 16.4. The SMILES string of the molecule is COc1ccccc1N1CCN([C@@H](C)C(=O)NCc2cccc(C)c2)CC1. The Kier molecular flexibility index (Phi) is 6.35. The maximum absolute atomic E-state index is 12.6. The number of carbonyl (C=O) groups is 1. The highest BCUT2D eigenvalue weighted by atomic mass is 16.5. The van der Waals surface area contributed by atoms with E-state index < -0.39 is 0 Å². The second-order valence-electron chi connectivity index (χ2n) is 7.08. The molecule has 1 atom stereocenters. The van der Waals surface area contributed by atoms with Gasteiger partial charge in [-0.05, 0) is 31.5 Å². The van der Waals surface area contributed by atoms with E-state index in [1.807, 2.05) is 37.3 Å². The molecule has 27 heavy (non-hydrogen) atoms. The van der Waals surface area contributed by atoms with Crippen LogP contribution < -0.4 is 15.0 Å². The molecule has 0 aliphatic carbocycles. The molecular formula is C22H29N3O2. The first-order valence-corrected chi connectivity index (χ1v) is 9.54. The van der Waals surface area contributed by atoms with E-state index in [2.05, 4.69) is 40.2 Å². The molecule has 5 nitrogen and oxygen atoms in total. The number of piperazine rings is 1. The number of nitrogens with one attached hydrogen (secondary N) is 1. The first kappa shape index (κ1) is 19.2. The van der Waals surface area contributed by atoms with E-state index in [1.165, 1.54) is 5.56 Å². The highest BCUT2D eigenvalue weighted by Gasteiger charge is 2.26. The van der Waals surface area contributed by atoms with Gasteiger partial charge in [0, 0.05) is 32.7 Å². The van der Waals surface area contributed by atoms with Crippen molar-refractivity contribution >= 4 is 11.6 Å². The number of ether oxygens (including phenoxy) is 1. The van der Waals surface area contributed by atoms with Gasteiger partial charge in [-0.25, -0.2) is 0 Å². The van der Waals surface area contributed by atoms with Crippen LogP contribution in [0.2, 0.25) is 0 Å². The van der Waals surface area contributed by atoms with E-state index >= 15 is 0 Å². The van der Waals surface area contributed by atoms with Gasteiger partial charge in [0.15, 0.2) is 0 Å². The van der Waals surface area contributed by atoms with Crippen molar-refractivity contribution in [2.24, 2.45) is 0 Å². The molecule has 0 saturated carbocycles. The summed E-state index contributed by atoms with van der Waals surface area (Å²) in [6.07, 6.45) is 0. The Morgan fingerprint density at radius 1 is 1.11 bits per heavy atom. The largest absolute Gasteiger partial charge is 0.495 e. The number of aryl methyl sites for hydroxylation is 1. The lowest BCUT2D eigenvalue weighted by molar-refractivity contribution is -0.126. The molecule has 0 aromatic heterocycles. The number of nitrogens with zero attached hydrogens (tertiary/aromatic N) is 2. The smallest absolute Gasteiger partial charge is 0.237 e. The quantitative estimate of drug-likeness (QED) is 0.853. The Morgan fingerprint density at radius 2 is 1.85 bits per heavy atom. The molecular weight excluding hydrogens is 338 g/mol. The van der Waals surface area contributed by atoms with Gasteiger partial charge in [-0.2, -0.15) is 0 Å². The van der Waals surface area contributed by atoms with Crippen LogP contribution in [0.4, 0.5) is 5.69 Å². The Bertz CT molecular complexity index is 770. The second kappa shape index (κ2) is 8.91. The molecule has 1 aliphatic rings. The standard InChI is InChI=1S/C22H29N3O2/c1-17-7-6-8-19(15-17)16-23-22(26)18(2)24-11-13-25(14-12-24)20-9-4-5-10-21(20)27-3/h4-10,15,18H,11-14,16H2,1-3H3,(H,23,26)/t18-/m0/s1. The lowest BCUT2D eigenvalue weighted by atomic mass is 10.1. The molecule has 1 saturated heterocycles. The van der Waals surface area contributed by atoms with Gasteiger partial charge in [-0.3, -0.25) is 9.69 Å². The third kappa shape index (κ3) is 4.80. The number of rotatable bonds is 6. The van der Waals surface area contributed by atoms with Gasteiger partial charge in [0.25, 0.3) is 0 Å². The van der Waals surface area contributed by atoms with Crippen LogP contribution in [-0.4, -0.2) is 50.1 Å². The molecule has 3 rings (SSSR count). The summed E-state index contributed by atoms with van der Waals surface area (Å²) in [7, 11) is 1.70. The van der Waals surface area contributed by atoms with Gasteiger partial charge in [-0.1, -0.05) is 42.0 Å². The normalized spacial score (nSPS) is 16.0. The minimum absolute atomic E-state index is 0.0854. The topological polar surface area (TPSA) is 44.8 Å². The summed E-state index contributed by atoms with van der Waals surface area (Å²) in [5.74, 6) is 0.983. The highest BCUT2D eigenvalue weighted by molar-refractivity contribution is 5.81. The molecule has 1 heterocycles. The molecule has 1 amide bonds. The number of carbonyl (C=O) groups excluding carboxylic acids is 1. The van der Waals surface area contributed by atoms with E-state index in [0.717, 1.165) is 43.2 Å². The fourth-order valence-electron chi connectivity index (χ4n) is 3.57. The fraction of sp³-hybridized carbons (Fsp3) is 0.409. The summed E-state index contributed by atoms with van der Waals surface area (Å²) in [6, 6.07) is 16.2. The predicted octanol–water partition coefficient (Wildman–Crippen LogP) is 2.83. The number of hydrogen-bond donors (Lipinski definition) is 1. The molecule has 1 fully saturated rings. The van der Waals surface area contributed by atoms with Gasteiger partial charge in [0.1, 0.15) is 5.75 Å². The Morgan fingerprint density at radius 3 is 2.56 bits per heavy atom. The molecule has 1 N–H and O–H groups in total. The maximum Gasteiger partial charge on any atom is 0.237 e. The van der Waals surface area contributed by atoms with E-state index in [9.17, 15) is 4.79 Å². The van der Waals surface area contributed by atoms with E-state index in [4.69, 9.17) is 4.74 Å². The predicted molar refractivity (Wildman–Crippen MR) is 109 cm³/mol. The minimum atomic E-state index is -0.130. The van der Waals surface area contributed by atoms with Crippen molar-refractivity contribution in [2.75, 3.05) is 38.2 Å². The zero-order chi connectivity index (χ0) is 19.2. The average molecular weight is 367 g/mol. The summed E-state index contributed by atoms with van der Waals surface area (Å²) in [5, 5.41) is 3.07. The van der Waals surface area contributed by atoms with Crippen molar-refractivity contribution in [3.8, 4) is 5.75 Å². The molecule has 2 aromatic rings. The number of methoxy groups -OCH3 is 1. The fourth-order valence-corrected chi connectivity index (χ4v) is 3.57. The molecule has 2 aromatic carbocycles. The van der Waals surface area contributed by atoms with E-state index in [-0.39, 0.29) is 11.9 Å². The van der Waals surface area contributed by atoms with Crippen LogP contribution in [0.5, 0.6) is 5.75 Å². The van der Waals surface area contributed by atoms with Crippen molar-refractivity contribution in [1.82, 2.24) is 10.2 Å². The minimum Gasteiger partial charge on any atom is -0.495 e. The summed E-state index contributed by atoms with van der Waals surface area (Å²) >= 11 is 0. The summed E-state index contributed by atoms with van der Waals surface area (Å²) < 4.78 is 5.47. The molecule has 0 spiro atoms. The van der Waals surface area contributed by atoms with Gasteiger partial charge in [0.2, 0.25) is 5.91 Å². The van der Waals surface area contributed by atoms with Crippen molar-refractivity contribution in [3.63, 3.8) is 0 Å². The Balaban J connectivity index is 1.51. The molecule has 1 aliphatic heterocycles. The summed E-state index contributed by atoms with van der Waals surface area (Å²) in [5.41, 5.74) is 3.47.